The van der Waals surface area contributed by atoms with E-state index in [1.54, 1.807) is 40.4 Å². The Morgan fingerprint density at radius 2 is 1.59 bits per heavy atom. The molecule has 2 aromatic carbocycles. The summed E-state index contributed by atoms with van der Waals surface area (Å²) in [6, 6.07) is 12.3. The highest BCUT2D eigenvalue weighted by Crippen LogP contribution is 2.34. The molecule has 0 spiro atoms. The minimum Gasteiger partial charge on any atom is -0.496 e. The van der Waals surface area contributed by atoms with Crippen molar-refractivity contribution < 1.29 is 23.8 Å². The van der Waals surface area contributed by atoms with Gasteiger partial charge in [-0.3, -0.25) is 14.5 Å². The Kier molecular flexibility index (Phi) is 9.81. The number of benzene rings is 2. The second-order valence-electron chi connectivity index (χ2n) is 7.30. The predicted octanol–water partition coefficient (Wildman–Crippen LogP) is 3.07. The smallest absolute Gasteiger partial charge is 0.241 e. The van der Waals surface area contributed by atoms with E-state index in [4.69, 9.17) is 14.2 Å². The van der Waals surface area contributed by atoms with E-state index in [-0.39, 0.29) is 24.9 Å². The third-order valence-electron chi connectivity index (χ3n) is 5.09. The van der Waals surface area contributed by atoms with Gasteiger partial charge in [0.25, 0.3) is 0 Å². The lowest BCUT2D eigenvalue weighted by molar-refractivity contribution is -0.125. The Labute approximate surface area is 189 Å². The second-order valence-corrected chi connectivity index (χ2v) is 7.30. The first-order valence-electron chi connectivity index (χ1n) is 10.6. The van der Waals surface area contributed by atoms with E-state index in [2.05, 4.69) is 10.6 Å². The summed E-state index contributed by atoms with van der Waals surface area (Å²) >= 11 is 0. The van der Waals surface area contributed by atoms with E-state index in [1.807, 2.05) is 42.2 Å². The lowest BCUT2D eigenvalue weighted by atomic mass is 10.1. The summed E-state index contributed by atoms with van der Waals surface area (Å²) < 4.78 is 16.0. The minimum atomic E-state index is -0.462. The normalized spacial score (nSPS) is 11.6. The Morgan fingerprint density at radius 3 is 2.19 bits per heavy atom. The van der Waals surface area contributed by atoms with Gasteiger partial charge in [0.2, 0.25) is 11.8 Å². The van der Waals surface area contributed by atoms with Gasteiger partial charge >= 0.3 is 0 Å². The van der Waals surface area contributed by atoms with Gasteiger partial charge in [0.1, 0.15) is 5.75 Å². The zero-order valence-electron chi connectivity index (χ0n) is 19.4. The van der Waals surface area contributed by atoms with Gasteiger partial charge in [0.05, 0.1) is 33.9 Å². The van der Waals surface area contributed by atoms with Crippen molar-refractivity contribution >= 4 is 17.5 Å². The van der Waals surface area contributed by atoms with Crippen molar-refractivity contribution in [3.63, 3.8) is 0 Å². The highest BCUT2D eigenvalue weighted by Gasteiger charge is 2.23. The van der Waals surface area contributed by atoms with Gasteiger partial charge in [0, 0.05) is 23.9 Å². The van der Waals surface area contributed by atoms with Gasteiger partial charge in [0.15, 0.2) is 11.5 Å². The average Bonchev–Trinajstić information content (AvgIpc) is 2.81. The van der Waals surface area contributed by atoms with E-state index in [9.17, 15) is 9.59 Å². The third-order valence-corrected chi connectivity index (χ3v) is 5.09. The topological polar surface area (TPSA) is 89.1 Å². The van der Waals surface area contributed by atoms with Crippen LogP contribution >= 0.6 is 0 Å². The quantitative estimate of drug-likeness (QED) is 0.524. The van der Waals surface area contributed by atoms with Crippen LogP contribution in [0.3, 0.4) is 0 Å². The molecule has 2 N–H and O–H groups in total. The van der Waals surface area contributed by atoms with Gasteiger partial charge < -0.3 is 24.8 Å². The van der Waals surface area contributed by atoms with Gasteiger partial charge in [-0.25, -0.2) is 0 Å². The van der Waals surface area contributed by atoms with E-state index >= 15 is 0 Å². The lowest BCUT2D eigenvalue weighted by Gasteiger charge is -2.27. The number of hydrogen-bond acceptors (Lipinski definition) is 6. The fourth-order valence-corrected chi connectivity index (χ4v) is 3.30. The molecule has 8 nitrogen and oxygen atoms in total. The summed E-state index contributed by atoms with van der Waals surface area (Å²) in [4.78, 5) is 27.2. The molecule has 2 rings (SSSR count). The van der Waals surface area contributed by atoms with Crippen molar-refractivity contribution in [1.29, 1.82) is 0 Å². The van der Waals surface area contributed by atoms with Crippen LogP contribution in [0, 0.1) is 0 Å². The molecular weight excluding hydrogens is 410 g/mol. The summed E-state index contributed by atoms with van der Waals surface area (Å²) in [6.45, 7) is 4.80. The molecule has 0 aromatic heterocycles. The number of methoxy groups -OCH3 is 3. The first-order chi connectivity index (χ1) is 15.4. The fraction of sp³-hybridized carbons (Fsp3) is 0.417. The number of nitrogens with zero attached hydrogens (tertiary/aromatic N) is 1. The van der Waals surface area contributed by atoms with Crippen LogP contribution in [0.2, 0.25) is 0 Å². The molecule has 0 heterocycles. The van der Waals surface area contributed by atoms with Crippen molar-refractivity contribution in [2.24, 2.45) is 0 Å². The third kappa shape index (κ3) is 6.88. The molecule has 8 heteroatoms. The molecule has 32 heavy (non-hydrogen) atoms. The van der Waals surface area contributed by atoms with Crippen LogP contribution in [0.25, 0.3) is 0 Å². The SMILES string of the molecule is CCCN(CC(=O)NCc1cc(OC)c(OC)cc1OC)[C@@H](C)C(=O)Nc1ccccc1. The Hall–Kier alpha value is -3.26. The molecule has 174 valence electrons. The van der Waals surface area contributed by atoms with Gasteiger partial charge in [-0.05, 0) is 38.1 Å². The van der Waals surface area contributed by atoms with E-state index in [0.717, 1.165) is 17.7 Å². The molecular formula is C24H33N3O5. The van der Waals surface area contributed by atoms with E-state index < -0.39 is 6.04 Å². The highest BCUT2D eigenvalue weighted by atomic mass is 16.5. The van der Waals surface area contributed by atoms with E-state index in [1.165, 1.54) is 0 Å². The maximum atomic E-state index is 12.7. The maximum Gasteiger partial charge on any atom is 0.241 e. The summed E-state index contributed by atoms with van der Waals surface area (Å²) in [5.41, 5.74) is 1.49. The highest BCUT2D eigenvalue weighted by molar-refractivity contribution is 5.94. The van der Waals surface area contributed by atoms with Gasteiger partial charge in [-0.2, -0.15) is 0 Å². The van der Waals surface area contributed by atoms with Crippen molar-refractivity contribution in [2.75, 3.05) is 39.7 Å². The average molecular weight is 444 g/mol. The van der Waals surface area contributed by atoms with Crippen LogP contribution in [-0.4, -0.2) is 57.2 Å². The van der Waals surface area contributed by atoms with Gasteiger partial charge in [-0.1, -0.05) is 25.1 Å². The van der Waals surface area contributed by atoms with Crippen LogP contribution in [0.1, 0.15) is 25.8 Å². The number of para-hydroxylation sites is 1. The molecule has 0 aliphatic carbocycles. The van der Waals surface area contributed by atoms with Crippen LogP contribution in [0.4, 0.5) is 5.69 Å². The first kappa shape index (κ1) is 25.0. The Morgan fingerprint density at radius 1 is 0.969 bits per heavy atom. The zero-order valence-corrected chi connectivity index (χ0v) is 19.4. The summed E-state index contributed by atoms with van der Waals surface area (Å²) in [5, 5.41) is 5.80. The molecule has 0 unspecified atom stereocenters. The van der Waals surface area contributed by atoms with E-state index in [0.29, 0.717) is 23.8 Å². The van der Waals surface area contributed by atoms with Crippen molar-refractivity contribution in [2.45, 2.75) is 32.9 Å². The van der Waals surface area contributed by atoms with Crippen LogP contribution in [0.15, 0.2) is 42.5 Å². The van der Waals surface area contributed by atoms with Gasteiger partial charge in [-0.15, -0.1) is 0 Å². The summed E-state index contributed by atoms with van der Waals surface area (Å²) in [5.74, 6) is 1.35. The van der Waals surface area contributed by atoms with Crippen LogP contribution in [-0.2, 0) is 16.1 Å². The number of hydrogen-bond donors (Lipinski definition) is 2. The fourth-order valence-electron chi connectivity index (χ4n) is 3.30. The number of anilines is 1. The number of amides is 2. The van der Waals surface area contributed by atoms with Crippen molar-refractivity contribution in [3.8, 4) is 17.2 Å². The molecule has 2 aromatic rings. The molecule has 0 bridgehead atoms. The molecule has 0 fully saturated rings. The monoisotopic (exact) mass is 443 g/mol. The molecule has 2 amide bonds. The molecule has 0 saturated carbocycles. The lowest BCUT2D eigenvalue weighted by Crippen LogP contribution is -2.47. The van der Waals surface area contributed by atoms with Crippen molar-refractivity contribution in [1.82, 2.24) is 10.2 Å². The summed E-state index contributed by atoms with van der Waals surface area (Å²) in [6.07, 6.45) is 0.819. The maximum absolute atomic E-state index is 12.7. The summed E-state index contributed by atoms with van der Waals surface area (Å²) in [7, 11) is 4.66. The Balaban J connectivity index is 2.01. The first-order valence-corrected chi connectivity index (χ1v) is 10.6. The number of ether oxygens (including phenoxy) is 3. The number of nitrogens with one attached hydrogen (secondary N) is 2. The number of carbonyl (C=O) groups excluding carboxylic acids is 2. The standard InChI is InChI=1S/C24H33N3O5/c1-6-12-27(17(2)24(29)26-19-10-8-7-9-11-19)16-23(28)25-15-18-13-21(31-4)22(32-5)14-20(18)30-3/h7-11,13-14,17H,6,12,15-16H2,1-5H3,(H,25,28)(H,26,29)/t17-/m0/s1. The molecule has 0 aliphatic rings. The Bertz CT molecular complexity index is 889. The number of carbonyl (C=O) groups is 2. The zero-order chi connectivity index (χ0) is 23.5. The largest absolute Gasteiger partial charge is 0.496 e. The number of rotatable bonds is 12. The van der Waals surface area contributed by atoms with Crippen LogP contribution in [0.5, 0.6) is 17.2 Å². The second kappa shape index (κ2) is 12.6. The minimum absolute atomic E-state index is 0.104. The molecule has 0 radical (unpaired) electrons. The molecule has 0 saturated heterocycles. The molecule has 0 aliphatic heterocycles. The predicted molar refractivity (Wildman–Crippen MR) is 124 cm³/mol. The van der Waals surface area contributed by atoms with Crippen molar-refractivity contribution in [3.05, 3.63) is 48.0 Å². The molecule has 1 atom stereocenters. The van der Waals surface area contributed by atoms with Crippen LogP contribution < -0.4 is 24.8 Å².